The molecule has 9 heteroatoms. The number of ether oxygens (including phenoxy) is 1. The molecular formula is C17H16Cl2N4O3. The number of hydrogen-bond donors (Lipinski definition) is 2. The summed E-state index contributed by atoms with van der Waals surface area (Å²) in [6.45, 7) is 2.39. The largest absolute Gasteiger partial charge is 0.378 e. The molecule has 2 aromatic rings. The molecule has 1 atom stereocenters. The number of hydrogen-bond acceptors (Lipinski definition) is 5. The summed E-state index contributed by atoms with van der Waals surface area (Å²) < 4.78 is 5.32. The van der Waals surface area contributed by atoms with Crippen molar-refractivity contribution in [2.24, 2.45) is 0 Å². The molecule has 1 aromatic carbocycles. The van der Waals surface area contributed by atoms with Gasteiger partial charge in [-0.1, -0.05) is 29.3 Å². The highest BCUT2D eigenvalue weighted by atomic mass is 35.5. The van der Waals surface area contributed by atoms with Gasteiger partial charge in [0.25, 0.3) is 5.56 Å². The van der Waals surface area contributed by atoms with Crippen molar-refractivity contribution in [2.75, 3.05) is 36.5 Å². The molecule has 1 amide bonds. The van der Waals surface area contributed by atoms with Crippen LogP contribution in [0.5, 0.6) is 0 Å². The third-order valence-electron chi connectivity index (χ3n) is 4.59. The van der Waals surface area contributed by atoms with Crippen LogP contribution in [0.2, 0.25) is 10.0 Å². The smallest absolute Gasteiger partial charge is 0.258 e. The Hall–Kier alpha value is -2.09. The quantitative estimate of drug-likeness (QED) is 0.816. The molecule has 26 heavy (non-hydrogen) atoms. The Morgan fingerprint density at radius 2 is 1.96 bits per heavy atom. The fraction of sp³-hybridized carbons (Fsp3) is 0.353. The van der Waals surface area contributed by atoms with Gasteiger partial charge in [0.05, 0.1) is 18.8 Å². The number of benzene rings is 1. The molecule has 4 rings (SSSR count). The van der Waals surface area contributed by atoms with E-state index in [2.05, 4.69) is 15.3 Å². The van der Waals surface area contributed by atoms with Gasteiger partial charge in [0.15, 0.2) is 0 Å². The van der Waals surface area contributed by atoms with Crippen LogP contribution < -0.4 is 15.8 Å². The molecule has 2 aliphatic heterocycles. The number of aromatic amines is 1. The van der Waals surface area contributed by atoms with E-state index in [1.807, 2.05) is 4.90 Å². The molecule has 0 spiro atoms. The molecule has 1 fully saturated rings. The van der Waals surface area contributed by atoms with E-state index in [-0.39, 0.29) is 23.7 Å². The fourth-order valence-corrected chi connectivity index (χ4v) is 3.87. The molecule has 136 valence electrons. The van der Waals surface area contributed by atoms with E-state index in [0.717, 1.165) is 0 Å². The molecule has 0 radical (unpaired) electrons. The van der Waals surface area contributed by atoms with Crippen LogP contribution in [0, 0.1) is 0 Å². The predicted octanol–water partition coefficient (Wildman–Crippen LogP) is 2.39. The van der Waals surface area contributed by atoms with E-state index in [9.17, 15) is 9.59 Å². The molecule has 7 nitrogen and oxygen atoms in total. The molecule has 3 heterocycles. The monoisotopic (exact) mass is 394 g/mol. The Balaban J connectivity index is 1.80. The maximum absolute atomic E-state index is 12.8. The van der Waals surface area contributed by atoms with E-state index in [0.29, 0.717) is 53.4 Å². The number of amides is 1. The van der Waals surface area contributed by atoms with Crippen molar-refractivity contribution in [3.8, 4) is 0 Å². The van der Waals surface area contributed by atoms with Gasteiger partial charge in [-0.3, -0.25) is 14.6 Å². The first-order chi connectivity index (χ1) is 12.5. The Bertz CT molecular complexity index is 925. The van der Waals surface area contributed by atoms with Crippen molar-refractivity contribution in [3.63, 3.8) is 0 Å². The molecule has 0 saturated carbocycles. The van der Waals surface area contributed by atoms with Crippen molar-refractivity contribution < 1.29 is 9.53 Å². The first-order valence-corrected chi connectivity index (χ1v) is 9.00. The second kappa shape index (κ2) is 6.90. The Morgan fingerprint density at radius 1 is 1.19 bits per heavy atom. The SMILES string of the molecule is O=C1CC(c2ccc(Cl)cc2Cl)c2c(nc(N3CCOCC3)[nH]c2=O)N1. The van der Waals surface area contributed by atoms with Crippen molar-refractivity contribution in [1.29, 1.82) is 0 Å². The first kappa shape index (κ1) is 17.3. The molecule has 1 saturated heterocycles. The molecule has 0 aliphatic carbocycles. The van der Waals surface area contributed by atoms with Crippen LogP contribution in [0.15, 0.2) is 23.0 Å². The molecule has 1 unspecified atom stereocenters. The Kier molecular flexibility index (Phi) is 4.60. The topological polar surface area (TPSA) is 87.3 Å². The number of rotatable bonds is 2. The lowest BCUT2D eigenvalue weighted by molar-refractivity contribution is -0.116. The third kappa shape index (κ3) is 3.18. The zero-order chi connectivity index (χ0) is 18.3. The summed E-state index contributed by atoms with van der Waals surface area (Å²) in [7, 11) is 0. The summed E-state index contributed by atoms with van der Waals surface area (Å²) in [5, 5.41) is 3.62. The minimum absolute atomic E-state index is 0.121. The average Bonchev–Trinajstić information content (AvgIpc) is 2.61. The molecule has 2 N–H and O–H groups in total. The third-order valence-corrected chi connectivity index (χ3v) is 5.15. The predicted molar refractivity (Wildman–Crippen MR) is 99.4 cm³/mol. The standard InChI is InChI=1S/C17H16Cl2N4O3/c18-9-1-2-10(12(19)7-9)11-8-13(24)20-15-14(11)16(25)22-17(21-15)23-3-5-26-6-4-23/h1-2,7,11H,3-6,8H2,(H2,20,21,22,24,25). The van der Waals surface area contributed by atoms with E-state index in [1.54, 1.807) is 18.2 Å². The van der Waals surface area contributed by atoms with Gasteiger partial charge in [0.2, 0.25) is 11.9 Å². The number of carbonyl (C=O) groups excluding carboxylic acids is 1. The lowest BCUT2D eigenvalue weighted by Gasteiger charge is -2.30. The normalized spacial score (nSPS) is 19.8. The van der Waals surface area contributed by atoms with E-state index in [4.69, 9.17) is 27.9 Å². The zero-order valence-corrected chi connectivity index (χ0v) is 15.2. The van der Waals surface area contributed by atoms with Gasteiger partial charge in [-0.2, -0.15) is 4.98 Å². The highest BCUT2D eigenvalue weighted by molar-refractivity contribution is 6.35. The van der Waals surface area contributed by atoms with Crippen molar-refractivity contribution >= 4 is 40.9 Å². The minimum atomic E-state index is -0.474. The molecule has 2 aliphatic rings. The van der Waals surface area contributed by atoms with Gasteiger partial charge < -0.3 is 15.0 Å². The minimum Gasteiger partial charge on any atom is -0.378 e. The highest BCUT2D eigenvalue weighted by Crippen LogP contribution is 2.38. The van der Waals surface area contributed by atoms with Gasteiger partial charge in [-0.05, 0) is 17.7 Å². The van der Waals surface area contributed by atoms with Gasteiger partial charge in [0, 0.05) is 35.5 Å². The van der Waals surface area contributed by atoms with E-state index in [1.165, 1.54) is 0 Å². The number of nitrogens with zero attached hydrogens (tertiary/aromatic N) is 2. The summed E-state index contributed by atoms with van der Waals surface area (Å²) in [6.07, 6.45) is 0.121. The number of carbonyl (C=O) groups is 1. The van der Waals surface area contributed by atoms with Gasteiger partial charge >= 0.3 is 0 Å². The second-order valence-electron chi connectivity index (χ2n) is 6.22. The first-order valence-electron chi connectivity index (χ1n) is 8.24. The Labute approximate surface area is 159 Å². The number of halogens is 2. The number of fused-ring (bicyclic) bond motifs is 1. The van der Waals surface area contributed by atoms with Crippen LogP contribution in [0.3, 0.4) is 0 Å². The maximum Gasteiger partial charge on any atom is 0.258 e. The van der Waals surface area contributed by atoms with Crippen molar-refractivity contribution in [3.05, 3.63) is 49.7 Å². The van der Waals surface area contributed by atoms with Crippen LogP contribution >= 0.6 is 23.2 Å². The van der Waals surface area contributed by atoms with Gasteiger partial charge in [-0.15, -0.1) is 0 Å². The Morgan fingerprint density at radius 3 is 2.69 bits per heavy atom. The van der Waals surface area contributed by atoms with Gasteiger partial charge in [-0.25, -0.2) is 0 Å². The van der Waals surface area contributed by atoms with E-state index < -0.39 is 5.92 Å². The van der Waals surface area contributed by atoms with Crippen LogP contribution in [-0.2, 0) is 9.53 Å². The summed E-state index contributed by atoms with van der Waals surface area (Å²) in [6, 6.07) is 5.04. The molecule has 1 aromatic heterocycles. The second-order valence-corrected chi connectivity index (χ2v) is 7.07. The van der Waals surface area contributed by atoms with Crippen LogP contribution in [0.4, 0.5) is 11.8 Å². The molecule has 0 bridgehead atoms. The number of H-pyrrole nitrogens is 1. The maximum atomic E-state index is 12.8. The van der Waals surface area contributed by atoms with Crippen LogP contribution in [0.1, 0.15) is 23.5 Å². The lowest BCUT2D eigenvalue weighted by atomic mass is 9.87. The summed E-state index contributed by atoms with van der Waals surface area (Å²) in [4.78, 5) is 34.3. The van der Waals surface area contributed by atoms with E-state index >= 15 is 0 Å². The molecular weight excluding hydrogens is 379 g/mol. The van der Waals surface area contributed by atoms with Crippen LogP contribution in [-0.4, -0.2) is 42.2 Å². The number of anilines is 2. The summed E-state index contributed by atoms with van der Waals surface area (Å²) in [5.41, 5.74) is 0.803. The van der Waals surface area contributed by atoms with Crippen molar-refractivity contribution in [2.45, 2.75) is 12.3 Å². The average molecular weight is 395 g/mol. The number of aromatic nitrogens is 2. The highest BCUT2D eigenvalue weighted by Gasteiger charge is 2.32. The van der Waals surface area contributed by atoms with Gasteiger partial charge in [0.1, 0.15) is 5.82 Å². The lowest BCUT2D eigenvalue weighted by Crippen LogP contribution is -2.40. The fourth-order valence-electron chi connectivity index (χ4n) is 3.33. The van der Waals surface area contributed by atoms with Crippen molar-refractivity contribution in [1.82, 2.24) is 9.97 Å². The summed E-state index contributed by atoms with van der Waals surface area (Å²) >= 11 is 12.3. The number of nitrogens with one attached hydrogen (secondary N) is 2. The van der Waals surface area contributed by atoms with Crippen LogP contribution in [0.25, 0.3) is 0 Å². The summed E-state index contributed by atoms with van der Waals surface area (Å²) in [5.74, 6) is 0.0285. The zero-order valence-electron chi connectivity index (χ0n) is 13.7. The number of morpholine rings is 1.